The third-order valence-corrected chi connectivity index (χ3v) is 5.89. The first-order chi connectivity index (χ1) is 15.6. The second-order valence-electron chi connectivity index (χ2n) is 7.38. The highest BCUT2D eigenvalue weighted by Crippen LogP contribution is 2.33. The van der Waals surface area contributed by atoms with E-state index in [-0.39, 0.29) is 11.8 Å². The van der Waals surface area contributed by atoms with E-state index in [9.17, 15) is 14.4 Å². The Kier molecular flexibility index (Phi) is 6.87. The molecule has 32 heavy (non-hydrogen) atoms. The lowest BCUT2D eigenvalue weighted by Gasteiger charge is -2.11. The van der Waals surface area contributed by atoms with E-state index in [0.717, 1.165) is 22.6 Å². The van der Waals surface area contributed by atoms with Crippen LogP contribution in [0.5, 0.6) is 0 Å². The topological polar surface area (TPSA) is 84.5 Å². The Hall–Kier alpha value is -3.58. The monoisotopic (exact) mass is 446 g/mol. The molecule has 7 heteroatoms. The number of carbonyl (C=O) groups excluding carboxylic acids is 3. The number of anilines is 2. The molecule has 3 aromatic carbocycles. The summed E-state index contributed by atoms with van der Waals surface area (Å²) in [6.45, 7) is -0.399. The van der Waals surface area contributed by atoms with Crippen LogP contribution in [-0.2, 0) is 14.3 Å². The van der Waals surface area contributed by atoms with Crippen LogP contribution in [0.3, 0.4) is 0 Å². The average molecular weight is 447 g/mol. The maximum absolute atomic E-state index is 12.4. The van der Waals surface area contributed by atoms with Crippen molar-refractivity contribution in [3.8, 4) is 0 Å². The van der Waals surface area contributed by atoms with Crippen molar-refractivity contribution >= 4 is 40.9 Å². The van der Waals surface area contributed by atoms with Crippen molar-refractivity contribution in [2.75, 3.05) is 17.2 Å². The predicted molar refractivity (Wildman–Crippen MR) is 124 cm³/mol. The molecule has 2 N–H and O–H groups in total. The molecule has 0 radical (unpaired) electrons. The van der Waals surface area contributed by atoms with E-state index >= 15 is 0 Å². The second-order valence-corrected chi connectivity index (χ2v) is 8.49. The molecular formula is C25H22N2O4S. The molecule has 0 heterocycles. The van der Waals surface area contributed by atoms with E-state index in [4.69, 9.17) is 4.74 Å². The van der Waals surface area contributed by atoms with Crippen LogP contribution < -0.4 is 10.6 Å². The minimum Gasteiger partial charge on any atom is -0.452 e. The maximum Gasteiger partial charge on any atom is 0.338 e. The number of esters is 1. The van der Waals surface area contributed by atoms with Crippen LogP contribution in [-0.4, -0.2) is 24.4 Å². The lowest BCUT2D eigenvalue weighted by molar-refractivity contribution is -0.119. The van der Waals surface area contributed by atoms with Crippen LogP contribution in [0, 0.1) is 5.92 Å². The fraction of sp³-hybridized carbons (Fsp3) is 0.160. The first kappa shape index (κ1) is 21.6. The van der Waals surface area contributed by atoms with Crippen LogP contribution in [0.2, 0.25) is 0 Å². The zero-order valence-electron chi connectivity index (χ0n) is 17.2. The molecule has 162 valence electrons. The number of para-hydroxylation sites is 1. The molecule has 0 unspecified atom stereocenters. The minimum absolute atomic E-state index is 0.00251. The quantitative estimate of drug-likeness (QED) is 0.477. The minimum atomic E-state index is -0.604. The highest BCUT2D eigenvalue weighted by Gasteiger charge is 2.29. The Balaban J connectivity index is 1.29. The van der Waals surface area contributed by atoms with Crippen LogP contribution >= 0.6 is 11.8 Å². The van der Waals surface area contributed by atoms with Gasteiger partial charge in [-0.05, 0) is 61.4 Å². The van der Waals surface area contributed by atoms with Gasteiger partial charge in [0.2, 0.25) is 5.91 Å². The molecular weight excluding hydrogens is 424 g/mol. The molecule has 3 aromatic rings. The fourth-order valence-corrected chi connectivity index (χ4v) is 3.88. The molecule has 1 fully saturated rings. The SMILES string of the molecule is O=C(COC(=O)c1ccc(NC(=O)C2CC2)cc1)Nc1ccccc1Sc1ccccc1. The van der Waals surface area contributed by atoms with Crippen LogP contribution in [0.15, 0.2) is 88.7 Å². The molecule has 1 aliphatic carbocycles. The van der Waals surface area contributed by atoms with Gasteiger partial charge in [-0.1, -0.05) is 42.1 Å². The third kappa shape index (κ3) is 5.98. The molecule has 0 saturated heterocycles. The van der Waals surface area contributed by atoms with Gasteiger partial charge in [-0.25, -0.2) is 4.79 Å². The Morgan fingerprint density at radius 3 is 2.25 bits per heavy atom. The molecule has 1 saturated carbocycles. The van der Waals surface area contributed by atoms with E-state index < -0.39 is 18.5 Å². The summed E-state index contributed by atoms with van der Waals surface area (Å²) in [7, 11) is 0. The molecule has 0 aromatic heterocycles. The molecule has 0 bridgehead atoms. The van der Waals surface area contributed by atoms with Crippen molar-refractivity contribution in [1.82, 2.24) is 0 Å². The van der Waals surface area contributed by atoms with Crippen molar-refractivity contribution in [3.63, 3.8) is 0 Å². The predicted octanol–water partition coefficient (Wildman–Crippen LogP) is 4.98. The van der Waals surface area contributed by atoms with E-state index in [1.54, 1.807) is 30.3 Å². The summed E-state index contributed by atoms with van der Waals surface area (Å²) in [5.41, 5.74) is 1.59. The van der Waals surface area contributed by atoms with Gasteiger partial charge in [-0.3, -0.25) is 9.59 Å². The first-order valence-electron chi connectivity index (χ1n) is 10.3. The third-order valence-electron chi connectivity index (χ3n) is 4.80. The normalized spacial score (nSPS) is 12.6. The molecule has 0 atom stereocenters. The van der Waals surface area contributed by atoms with Crippen molar-refractivity contribution in [1.29, 1.82) is 0 Å². The Morgan fingerprint density at radius 1 is 0.844 bits per heavy atom. The Labute approximate surface area is 190 Å². The first-order valence-corrected chi connectivity index (χ1v) is 11.1. The maximum atomic E-state index is 12.4. The van der Waals surface area contributed by atoms with Gasteiger partial charge in [0.1, 0.15) is 0 Å². The van der Waals surface area contributed by atoms with Crippen LogP contribution in [0.1, 0.15) is 23.2 Å². The van der Waals surface area contributed by atoms with Crippen LogP contribution in [0.4, 0.5) is 11.4 Å². The number of hydrogen-bond acceptors (Lipinski definition) is 5. The zero-order valence-corrected chi connectivity index (χ0v) is 18.1. The highest BCUT2D eigenvalue weighted by molar-refractivity contribution is 7.99. The number of ether oxygens (including phenoxy) is 1. The van der Waals surface area contributed by atoms with Gasteiger partial charge in [-0.2, -0.15) is 0 Å². The van der Waals surface area contributed by atoms with E-state index in [0.29, 0.717) is 16.9 Å². The summed E-state index contributed by atoms with van der Waals surface area (Å²) in [6, 6.07) is 23.7. The Bertz CT molecular complexity index is 1110. The number of nitrogens with one attached hydrogen (secondary N) is 2. The Morgan fingerprint density at radius 2 is 1.53 bits per heavy atom. The van der Waals surface area contributed by atoms with Gasteiger partial charge in [0, 0.05) is 21.4 Å². The molecule has 0 spiro atoms. The van der Waals surface area contributed by atoms with Gasteiger partial charge < -0.3 is 15.4 Å². The van der Waals surface area contributed by atoms with E-state index in [1.165, 1.54) is 11.8 Å². The number of carbonyl (C=O) groups is 3. The summed E-state index contributed by atoms with van der Waals surface area (Å²) in [6.07, 6.45) is 1.85. The molecule has 0 aliphatic heterocycles. The smallest absolute Gasteiger partial charge is 0.338 e. The summed E-state index contributed by atoms with van der Waals surface area (Å²) >= 11 is 1.54. The van der Waals surface area contributed by atoms with Crippen LogP contribution in [0.25, 0.3) is 0 Å². The lowest BCUT2D eigenvalue weighted by Crippen LogP contribution is -2.21. The number of amides is 2. The largest absolute Gasteiger partial charge is 0.452 e. The van der Waals surface area contributed by atoms with Crippen molar-refractivity contribution in [2.45, 2.75) is 22.6 Å². The molecule has 6 nitrogen and oxygen atoms in total. The summed E-state index contributed by atoms with van der Waals surface area (Å²) in [5, 5.41) is 5.61. The summed E-state index contributed by atoms with van der Waals surface area (Å²) in [4.78, 5) is 38.4. The van der Waals surface area contributed by atoms with Crippen molar-refractivity contribution in [3.05, 3.63) is 84.4 Å². The fourth-order valence-electron chi connectivity index (χ4n) is 2.95. The van der Waals surface area contributed by atoms with Gasteiger partial charge >= 0.3 is 5.97 Å². The number of benzene rings is 3. The van der Waals surface area contributed by atoms with Gasteiger partial charge in [-0.15, -0.1) is 0 Å². The number of hydrogen-bond donors (Lipinski definition) is 2. The van der Waals surface area contributed by atoms with E-state index in [1.807, 2.05) is 48.5 Å². The summed E-state index contributed by atoms with van der Waals surface area (Å²) < 4.78 is 5.14. The molecule has 1 aliphatic rings. The standard InChI is InChI=1S/C25H22N2O4S/c28-23(27-21-8-4-5-9-22(21)32-20-6-2-1-3-7-20)16-31-25(30)18-12-14-19(15-13-18)26-24(29)17-10-11-17/h1-9,12-15,17H,10-11,16H2,(H,26,29)(H,27,28). The van der Waals surface area contributed by atoms with Crippen molar-refractivity contribution < 1.29 is 19.1 Å². The van der Waals surface area contributed by atoms with Crippen molar-refractivity contribution in [2.24, 2.45) is 5.92 Å². The number of rotatable bonds is 8. The second kappa shape index (κ2) is 10.2. The molecule has 2 amide bonds. The van der Waals surface area contributed by atoms with Gasteiger partial charge in [0.05, 0.1) is 11.3 Å². The van der Waals surface area contributed by atoms with Gasteiger partial charge in [0.15, 0.2) is 6.61 Å². The highest BCUT2D eigenvalue weighted by atomic mass is 32.2. The zero-order chi connectivity index (χ0) is 22.3. The summed E-state index contributed by atoms with van der Waals surface area (Å²) in [5.74, 6) is -0.919. The lowest BCUT2D eigenvalue weighted by atomic mass is 10.2. The average Bonchev–Trinajstić information content (AvgIpc) is 3.66. The van der Waals surface area contributed by atoms with Gasteiger partial charge in [0.25, 0.3) is 5.91 Å². The molecule has 4 rings (SSSR count). The van der Waals surface area contributed by atoms with E-state index in [2.05, 4.69) is 10.6 Å².